The van der Waals surface area contributed by atoms with E-state index in [-0.39, 0.29) is 36.7 Å². The molecule has 0 aromatic heterocycles. The van der Waals surface area contributed by atoms with Crippen molar-refractivity contribution in [3.05, 3.63) is 48.0 Å². The normalized spacial score (nSPS) is 16.9. The fourth-order valence-corrected chi connectivity index (χ4v) is 3.14. The number of amides is 3. The van der Waals surface area contributed by atoms with Gasteiger partial charge >= 0.3 is 0 Å². The Labute approximate surface area is 146 Å². The van der Waals surface area contributed by atoms with E-state index in [1.54, 1.807) is 4.90 Å². The van der Waals surface area contributed by atoms with Crippen LogP contribution in [0.1, 0.15) is 18.9 Å². The SMILES string of the molecule is CC(=O)NCC(=O)NC1CC(=O)N(Cc2cccc3ccccc23)C1. The molecule has 0 bridgehead atoms. The monoisotopic (exact) mass is 339 g/mol. The number of carbonyl (C=O) groups excluding carboxylic acids is 3. The maximum absolute atomic E-state index is 12.3. The summed E-state index contributed by atoms with van der Waals surface area (Å²) in [4.78, 5) is 36.7. The Morgan fingerprint density at radius 2 is 1.92 bits per heavy atom. The molecule has 0 aliphatic carbocycles. The van der Waals surface area contributed by atoms with Crippen LogP contribution < -0.4 is 10.6 Å². The Bertz CT molecular complexity index is 813. The van der Waals surface area contributed by atoms with Crippen molar-refractivity contribution in [3.8, 4) is 0 Å². The van der Waals surface area contributed by atoms with Crippen LogP contribution in [0, 0.1) is 0 Å². The maximum atomic E-state index is 12.3. The van der Waals surface area contributed by atoms with Gasteiger partial charge in [0.25, 0.3) is 0 Å². The van der Waals surface area contributed by atoms with Crippen LogP contribution in [0.3, 0.4) is 0 Å². The van der Waals surface area contributed by atoms with E-state index in [1.807, 2.05) is 24.3 Å². The van der Waals surface area contributed by atoms with Gasteiger partial charge in [0.2, 0.25) is 17.7 Å². The van der Waals surface area contributed by atoms with E-state index in [9.17, 15) is 14.4 Å². The molecule has 1 aliphatic heterocycles. The molecule has 6 heteroatoms. The van der Waals surface area contributed by atoms with Crippen LogP contribution in [0.2, 0.25) is 0 Å². The quantitative estimate of drug-likeness (QED) is 0.859. The molecule has 1 atom stereocenters. The third kappa shape index (κ3) is 4.15. The number of likely N-dealkylation sites (tertiary alicyclic amines) is 1. The third-order valence-electron chi connectivity index (χ3n) is 4.32. The molecule has 0 saturated carbocycles. The van der Waals surface area contributed by atoms with Crippen molar-refractivity contribution in [2.75, 3.05) is 13.1 Å². The lowest BCUT2D eigenvalue weighted by Gasteiger charge is -2.18. The van der Waals surface area contributed by atoms with Crippen molar-refractivity contribution >= 4 is 28.5 Å². The van der Waals surface area contributed by atoms with Gasteiger partial charge in [-0.15, -0.1) is 0 Å². The van der Waals surface area contributed by atoms with Crippen LogP contribution in [-0.2, 0) is 20.9 Å². The summed E-state index contributed by atoms with van der Waals surface area (Å²) in [7, 11) is 0. The van der Waals surface area contributed by atoms with E-state index >= 15 is 0 Å². The van der Waals surface area contributed by atoms with Crippen molar-refractivity contribution in [2.24, 2.45) is 0 Å². The van der Waals surface area contributed by atoms with Gasteiger partial charge in [0.1, 0.15) is 0 Å². The molecule has 0 spiro atoms. The number of benzene rings is 2. The van der Waals surface area contributed by atoms with E-state index < -0.39 is 0 Å². The molecule has 1 saturated heterocycles. The smallest absolute Gasteiger partial charge is 0.239 e. The zero-order valence-corrected chi connectivity index (χ0v) is 14.1. The molecule has 2 aromatic carbocycles. The van der Waals surface area contributed by atoms with Gasteiger partial charge in [0.15, 0.2) is 0 Å². The van der Waals surface area contributed by atoms with Crippen molar-refractivity contribution in [3.63, 3.8) is 0 Å². The summed E-state index contributed by atoms with van der Waals surface area (Å²) in [6, 6.07) is 13.9. The Kier molecular flexibility index (Phi) is 4.97. The Morgan fingerprint density at radius 1 is 1.16 bits per heavy atom. The molecular formula is C19H21N3O3. The molecular weight excluding hydrogens is 318 g/mol. The highest BCUT2D eigenvalue weighted by Crippen LogP contribution is 2.22. The van der Waals surface area contributed by atoms with Gasteiger partial charge in [0.05, 0.1) is 12.6 Å². The number of hydrogen-bond acceptors (Lipinski definition) is 3. The van der Waals surface area contributed by atoms with Gasteiger partial charge < -0.3 is 15.5 Å². The molecule has 1 aliphatic rings. The van der Waals surface area contributed by atoms with Gasteiger partial charge in [-0.05, 0) is 16.3 Å². The van der Waals surface area contributed by atoms with Crippen molar-refractivity contribution in [1.82, 2.24) is 15.5 Å². The minimum absolute atomic E-state index is 0.0257. The molecule has 3 amide bonds. The first-order chi connectivity index (χ1) is 12.0. The van der Waals surface area contributed by atoms with Crippen molar-refractivity contribution in [1.29, 1.82) is 0 Å². The second-order valence-electron chi connectivity index (χ2n) is 6.29. The zero-order chi connectivity index (χ0) is 17.8. The Morgan fingerprint density at radius 3 is 2.72 bits per heavy atom. The summed E-state index contributed by atoms with van der Waals surface area (Å²) in [6.45, 7) is 2.30. The summed E-state index contributed by atoms with van der Waals surface area (Å²) in [5.74, 6) is -0.506. The minimum Gasteiger partial charge on any atom is -0.350 e. The van der Waals surface area contributed by atoms with E-state index in [0.29, 0.717) is 13.1 Å². The Balaban J connectivity index is 1.63. The van der Waals surface area contributed by atoms with Gasteiger partial charge in [0, 0.05) is 26.4 Å². The van der Waals surface area contributed by atoms with Crippen LogP contribution in [0.4, 0.5) is 0 Å². The Hall–Kier alpha value is -2.89. The van der Waals surface area contributed by atoms with Crippen LogP contribution in [-0.4, -0.2) is 41.8 Å². The van der Waals surface area contributed by atoms with Crippen LogP contribution in [0.5, 0.6) is 0 Å². The summed E-state index contributed by atoms with van der Waals surface area (Å²) in [6.07, 6.45) is 0.288. The molecule has 0 radical (unpaired) electrons. The summed E-state index contributed by atoms with van der Waals surface area (Å²) in [5, 5.41) is 7.53. The van der Waals surface area contributed by atoms with Gasteiger partial charge in [-0.3, -0.25) is 14.4 Å². The average molecular weight is 339 g/mol. The minimum atomic E-state index is -0.278. The van der Waals surface area contributed by atoms with E-state index in [4.69, 9.17) is 0 Å². The van der Waals surface area contributed by atoms with Crippen LogP contribution in [0.25, 0.3) is 10.8 Å². The lowest BCUT2D eigenvalue weighted by Crippen LogP contribution is -2.42. The topological polar surface area (TPSA) is 78.5 Å². The summed E-state index contributed by atoms with van der Waals surface area (Å²) in [5.41, 5.74) is 1.09. The third-order valence-corrected chi connectivity index (χ3v) is 4.32. The molecule has 6 nitrogen and oxygen atoms in total. The molecule has 130 valence electrons. The molecule has 25 heavy (non-hydrogen) atoms. The van der Waals surface area contributed by atoms with E-state index in [2.05, 4.69) is 28.8 Å². The highest BCUT2D eigenvalue weighted by molar-refractivity contribution is 5.87. The van der Waals surface area contributed by atoms with E-state index in [1.165, 1.54) is 6.92 Å². The number of rotatable bonds is 5. The van der Waals surface area contributed by atoms with Crippen LogP contribution in [0.15, 0.2) is 42.5 Å². The number of fused-ring (bicyclic) bond motifs is 1. The first-order valence-corrected chi connectivity index (χ1v) is 8.31. The molecule has 1 unspecified atom stereocenters. The highest BCUT2D eigenvalue weighted by Gasteiger charge is 2.30. The number of hydrogen-bond donors (Lipinski definition) is 2. The standard InChI is InChI=1S/C19H21N3O3/c1-13(23)20-10-18(24)21-16-9-19(25)22(12-16)11-15-7-4-6-14-5-2-3-8-17(14)15/h2-8,16H,9-12H2,1H3,(H,20,23)(H,21,24). The zero-order valence-electron chi connectivity index (χ0n) is 14.1. The fourth-order valence-electron chi connectivity index (χ4n) is 3.14. The fraction of sp³-hybridized carbons (Fsp3) is 0.316. The first-order valence-electron chi connectivity index (χ1n) is 8.31. The van der Waals surface area contributed by atoms with Gasteiger partial charge in [-0.1, -0.05) is 42.5 Å². The molecule has 3 rings (SSSR count). The summed E-state index contributed by atoms with van der Waals surface area (Å²) >= 11 is 0. The average Bonchev–Trinajstić information content (AvgIpc) is 2.92. The highest BCUT2D eigenvalue weighted by atomic mass is 16.2. The van der Waals surface area contributed by atoms with Crippen molar-refractivity contribution < 1.29 is 14.4 Å². The second kappa shape index (κ2) is 7.34. The second-order valence-corrected chi connectivity index (χ2v) is 6.29. The molecule has 2 N–H and O–H groups in total. The number of carbonyl (C=O) groups is 3. The number of nitrogens with one attached hydrogen (secondary N) is 2. The molecule has 2 aromatic rings. The largest absolute Gasteiger partial charge is 0.350 e. The van der Waals surface area contributed by atoms with Crippen LogP contribution >= 0.6 is 0 Å². The molecule has 1 heterocycles. The predicted molar refractivity (Wildman–Crippen MR) is 94.6 cm³/mol. The van der Waals surface area contributed by atoms with Gasteiger partial charge in [-0.2, -0.15) is 0 Å². The molecule has 1 fully saturated rings. The maximum Gasteiger partial charge on any atom is 0.239 e. The first kappa shape index (κ1) is 17.0. The van der Waals surface area contributed by atoms with E-state index in [0.717, 1.165) is 16.3 Å². The lowest BCUT2D eigenvalue weighted by atomic mass is 10.0. The lowest BCUT2D eigenvalue weighted by molar-refractivity contribution is -0.128. The van der Waals surface area contributed by atoms with Crippen molar-refractivity contribution in [2.45, 2.75) is 25.9 Å². The predicted octanol–water partition coefficient (Wildman–Crippen LogP) is 1.19. The van der Waals surface area contributed by atoms with Gasteiger partial charge in [-0.25, -0.2) is 0 Å². The number of nitrogens with zero attached hydrogens (tertiary/aromatic N) is 1. The summed E-state index contributed by atoms with van der Waals surface area (Å²) < 4.78 is 0.